The maximum absolute atomic E-state index is 11.6. The van der Waals surface area contributed by atoms with Gasteiger partial charge in [0, 0.05) is 17.3 Å². The number of thioether (sulfide) groups is 1. The van der Waals surface area contributed by atoms with Crippen LogP contribution in [-0.4, -0.2) is 34.1 Å². The molecule has 0 aliphatic carbocycles. The number of carbonyl (C=O) groups is 1. The van der Waals surface area contributed by atoms with E-state index in [0.29, 0.717) is 5.75 Å². The van der Waals surface area contributed by atoms with Crippen molar-refractivity contribution in [1.29, 1.82) is 0 Å². The van der Waals surface area contributed by atoms with Crippen LogP contribution >= 0.6 is 33.3 Å². The Morgan fingerprint density at radius 3 is 2.67 bits per heavy atom. The highest BCUT2D eigenvalue weighted by Crippen LogP contribution is 2.45. The third kappa shape index (κ3) is 2.58. The standard InChI is InChI=1S/C7H12O2S3/c1-7(4-11-12-5-7)6(9)10-3-2-8/h8H,2-5H2,1H3. The first-order valence-corrected chi connectivity index (χ1v) is 7.19. The molecule has 0 unspecified atom stereocenters. The highest BCUT2D eigenvalue weighted by molar-refractivity contribution is 8.77. The molecule has 0 atom stereocenters. The van der Waals surface area contributed by atoms with Crippen molar-refractivity contribution >= 4 is 38.5 Å². The van der Waals surface area contributed by atoms with Crippen LogP contribution in [0.15, 0.2) is 0 Å². The Labute approximate surface area is 84.6 Å². The van der Waals surface area contributed by atoms with Crippen molar-refractivity contribution in [3.63, 3.8) is 0 Å². The third-order valence-electron chi connectivity index (χ3n) is 1.66. The molecule has 12 heavy (non-hydrogen) atoms. The van der Waals surface area contributed by atoms with Crippen molar-refractivity contribution in [1.82, 2.24) is 0 Å². The summed E-state index contributed by atoms with van der Waals surface area (Å²) in [7, 11) is 3.53. The van der Waals surface area contributed by atoms with E-state index in [-0.39, 0.29) is 17.1 Å². The van der Waals surface area contributed by atoms with Crippen LogP contribution in [0.4, 0.5) is 0 Å². The van der Waals surface area contributed by atoms with Gasteiger partial charge in [0.25, 0.3) is 0 Å². The molecule has 0 amide bonds. The quantitative estimate of drug-likeness (QED) is 0.738. The van der Waals surface area contributed by atoms with Crippen molar-refractivity contribution in [3.05, 3.63) is 0 Å². The normalized spacial score (nSPS) is 21.2. The van der Waals surface area contributed by atoms with Gasteiger partial charge in [-0.15, -0.1) is 0 Å². The largest absolute Gasteiger partial charge is 0.396 e. The predicted octanol–water partition coefficient (Wildman–Crippen LogP) is 1.64. The van der Waals surface area contributed by atoms with Crippen molar-refractivity contribution in [2.24, 2.45) is 5.41 Å². The summed E-state index contributed by atoms with van der Waals surface area (Å²) in [6, 6.07) is 0. The van der Waals surface area contributed by atoms with Gasteiger partial charge in [-0.05, 0) is 0 Å². The minimum Gasteiger partial charge on any atom is -0.396 e. The number of carbonyl (C=O) groups excluding carboxylic acids is 1. The van der Waals surface area contributed by atoms with Gasteiger partial charge in [0.05, 0.1) is 12.0 Å². The van der Waals surface area contributed by atoms with Crippen LogP contribution in [0.5, 0.6) is 0 Å². The molecule has 0 aromatic heterocycles. The fourth-order valence-corrected chi connectivity index (χ4v) is 5.11. The zero-order valence-electron chi connectivity index (χ0n) is 6.91. The average molecular weight is 224 g/mol. The molecule has 0 radical (unpaired) electrons. The van der Waals surface area contributed by atoms with Crippen molar-refractivity contribution in [2.45, 2.75) is 6.92 Å². The van der Waals surface area contributed by atoms with E-state index in [1.165, 1.54) is 11.8 Å². The Bertz CT molecular complexity index is 166. The fraction of sp³-hybridized carbons (Fsp3) is 0.857. The number of hydrogen-bond acceptors (Lipinski definition) is 5. The highest BCUT2D eigenvalue weighted by Gasteiger charge is 2.37. The van der Waals surface area contributed by atoms with E-state index in [9.17, 15) is 4.79 Å². The zero-order valence-corrected chi connectivity index (χ0v) is 9.36. The van der Waals surface area contributed by atoms with Gasteiger partial charge in [0.2, 0.25) is 0 Å². The third-order valence-corrected chi connectivity index (χ3v) is 5.68. The molecule has 2 nitrogen and oxygen atoms in total. The first kappa shape index (κ1) is 10.8. The Kier molecular flexibility index (Phi) is 4.29. The second-order valence-electron chi connectivity index (χ2n) is 2.94. The number of aliphatic hydroxyl groups is 1. The van der Waals surface area contributed by atoms with Gasteiger partial charge in [-0.25, -0.2) is 0 Å². The molecule has 1 aliphatic heterocycles. The summed E-state index contributed by atoms with van der Waals surface area (Å²) >= 11 is 1.26. The predicted molar refractivity (Wildman–Crippen MR) is 57.6 cm³/mol. The van der Waals surface area contributed by atoms with Crippen LogP contribution in [0.25, 0.3) is 0 Å². The van der Waals surface area contributed by atoms with Gasteiger partial charge in [0.1, 0.15) is 0 Å². The summed E-state index contributed by atoms with van der Waals surface area (Å²) in [5, 5.41) is 8.79. The topological polar surface area (TPSA) is 37.3 Å². The summed E-state index contributed by atoms with van der Waals surface area (Å²) < 4.78 is 0. The summed E-state index contributed by atoms with van der Waals surface area (Å²) in [5.74, 6) is 2.35. The lowest BCUT2D eigenvalue weighted by atomic mass is 9.98. The van der Waals surface area contributed by atoms with Gasteiger partial charge in [-0.1, -0.05) is 40.3 Å². The first-order chi connectivity index (χ1) is 5.69. The van der Waals surface area contributed by atoms with E-state index in [0.717, 1.165) is 11.5 Å². The Balaban J connectivity index is 2.39. The molecule has 1 fully saturated rings. The lowest BCUT2D eigenvalue weighted by molar-refractivity contribution is -0.116. The summed E-state index contributed by atoms with van der Waals surface area (Å²) in [6.07, 6.45) is 0. The smallest absolute Gasteiger partial charge is 0.196 e. The first-order valence-electron chi connectivity index (χ1n) is 3.71. The van der Waals surface area contributed by atoms with Gasteiger partial charge >= 0.3 is 0 Å². The highest BCUT2D eigenvalue weighted by atomic mass is 33.1. The zero-order chi connectivity index (χ0) is 9.03. The van der Waals surface area contributed by atoms with E-state index in [4.69, 9.17) is 5.11 Å². The molecule has 0 aromatic carbocycles. The Morgan fingerprint density at radius 1 is 1.58 bits per heavy atom. The van der Waals surface area contributed by atoms with Gasteiger partial charge in [-0.3, -0.25) is 4.79 Å². The van der Waals surface area contributed by atoms with Crippen molar-refractivity contribution in [3.8, 4) is 0 Å². The molecule has 0 spiro atoms. The molecule has 1 aliphatic rings. The van der Waals surface area contributed by atoms with Crippen LogP contribution in [0.2, 0.25) is 0 Å². The van der Waals surface area contributed by atoms with E-state index >= 15 is 0 Å². The Hall–Kier alpha value is 0.680. The molecule has 5 heteroatoms. The lowest BCUT2D eigenvalue weighted by Gasteiger charge is -2.18. The average Bonchev–Trinajstić information content (AvgIpc) is 2.49. The van der Waals surface area contributed by atoms with Crippen molar-refractivity contribution in [2.75, 3.05) is 23.9 Å². The SMILES string of the molecule is CC1(C(=O)SCCO)CSSC1. The molecule has 1 saturated heterocycles. The second kappa shape index (κ2) is 4.79. The minimum absolute atomic E-state index is 0.0901. The summed E-state index contributed by atoms with van der Waals surface area (Å²) in [6.45, 7) is 2.10. The molecule has 0 saturated carbocycles. The number of aliphatic hydroxyl groups excluding tert-OH is 1. The molecule has 0 aromatic rings. The van der Waals surface area contributed by atoms with Gasteiger partial charge in [-0.2, -0.15) is 0 Å². The van der Waals surface area contributed by atoms with E-state index in [2.05, 4.69) is 0 Å². The van der Waals surface area contributed by atoms with Crippen LogP contribution in [-0.2, 0) is 4.79 Å². The number of rotatable bonds is 3. The summed E-state index contributed by atoms with van der Waals surface area (Å²) in [5.41, 5.74) is -0.158. The molecule has 1 heterocycles. The second-order valence-corrected chi connectivity index (χ2v) is 6.48. The van der Waals surface area contributed by atoms with E-state index < -0.39 is 0 Å². The molecule has 1 N–H and O–H groups in total. The lowest BCUT2D eigenvalue weighted by Crippen LogP contribution is -2.27. The van der Waals surface area contributed by atoms with Gasteiger partial charge in [0.15, 0.2) is 5.12 Å². The monoisotopic (exact) mass is 224 g/mol. The Morgan fingerprint density at radius 2 is 2.17 bits per heavy atom. The molecule has 1 rings (SSSR count). The molecular weight excluding hydrogens is 212 g/mol. The van der Waals surface area contributed by atoms with Crippen LogP contribution in [0.3, 0.4) is 0 Å². The molecule has 70 valence electrons. The number of hydrogen-bond donors (Lipinski definition) is 1. The van der Waals surface area contributed by atoms with Crippen molar-refractivity contribution < 1.29 is 9.90 Å². The van der Waals surface area contributed by atoms with E-state index in [1.807, 2.05) is 6.92 Å². The van der Waals surface area contributed by atoms with Crippen LogP contribution < -0.4 is 0 Å². The summed E-state index contributed by atoms with van der Waals surface area (Å²) in [4.78, 5) is 11.6. The molecule has 0 bridgehead atoms. The van der Waals surface area contributed by atoms with Crippen LogP contribution in [0, 0.1) is 5.41 Å². The fourth-order valence-electron chi connectivity index (χ4n) is 0.816. The minimum atomic E-state index is -0.158. The molecular formula is C7H12O2S3. The van der Waals surface area contributed by atoms with Gasteiger partial charge < -0.3 is 5.11 Å². The van der Waals surface area contributed by atoms with Crippen LogP contribution in [0.1, 0.15) is 6.92 Å². The maximum atomic E-state index is 11.6. The maximum Gasteiger partial charge on any atom is 0.196 e. The van der Waals surface area contributed by atoms with E-state index in [1.54, 1.807) is 21.6 Å².